The van der Waals surface area contributed by atoms with Crippen LogP contribution in [0.2, 0.25) is 0 Å². The van der Waals surface area contributed by atoms with E-state index in [1.54, 1.807) is 6.21 Å². The quantitative estimate of drug-likeness (QED) is 0.330. The van der Waals surface area contributed by atoms with Crippen LogP contribution in [0.1, 0.15) is 41.3 Å². The van der Waals surface area contributed by atoms with Crippen molar-refractivity contribution in [2.24, 2.45) is 5.10 Å². The number of aromatic nitrogens is 1. The minimum atomic E-state index is -0.300. The van der Waals surface area contributed by atoms with Crippen molar-refractivity contribution in [1.29, 1.82) is 0 Å². The van der Waals surface area contributed by atoms with Crippen LogP contribution >= 0.6 is 0 Å². The maximum absolute atomic E-state index is 13.1. The zero-order chi connectivity index (χ0) is 22.8. The van der Waals surface area contributed by atoms with Crippen molar-refractivity contribution < 1.29 is 14.3 Å². The average Bonchev–Trinajstić information content (AvgIpc) is 3.31. The SMILES string of the molecule is CC(C)c1ccc(-c2cc(C(=O)NN=Cc3ccc4c(c3)OCO4)c3ccccc3n2)cc1. The van der Waals surface area contributed by atoms with Gasteiger partial charge in [0.25, 0.3) is 5.91 Å². The van der Waals surface area contributed by atoms with Gasteiger partial charge in [-0.3, -0.25) is 4.79 Å². The molecule has 5 rings (SSSR count). The summed E-state index contributed by atoms with van der Waals surface area (Å²) in [6.45, 7) is 4.54. The molecule has 1 aliphatic heterocycles. The number of ether oxygens (including phenoxy) is 2. The van der Waals surface area contributed by atoms with Crippen molar-refractivity contribution in [3.63, 3.8) is 0 Å². The Labute approximate surface area is 191 Å². The summed E-state index contributed by atoms with van der Waals surface area (Å²) in [5, 5.41) is 4.92. The molecule has 3 aromatic carbocycles. The molecule has 0 fully saturated rings. The number of nitrogens with one attached hydrogen (secondary N) is 1. The molecular formula is C27H23N3O3. The van der Waals surface area contributed by atoms with E-state index < -0.39 is 0 Å². The normalized spacial score (nSPS) is 12.6. The average molecular weight is 437 g/mol. The van der Waals surface area contributed by atoms with Crippen LogP contribution in [-0.4, -0.2) is 23.9 Å². The van der Waals surface area contributed by atoms with E-state index in [1.165, 1.54) is 5.56 Å². The lowest BCUT2D eigenvalue weighted by atomic mass is 9.99. The van der Waals surface area contributed by atoms with Gasteiger partial charge in [0, 0.05) is 10.9 Å². The molecule has 0 bridgehead atoms. The van der Waals surface area contributed by atoms with Crippen molar-refractivity contribution in [3.8, 4) is 22.8 Å². The second-order valence-corrected chi connectivity index (χ2v) is 8.16. The van der Waals surface area contributed by atoms with E-state index in [0.717, 1.165) is 27.7 Å². The molecule has 6 nitrogen and oxygen atoms in total. The van der Waals surface area contributed by atoms with Crippen LogP contribution in [0, 0.1) is 0 Å². The first-order valence-electron chi connectivity index (χ1n) is 10.8. The minimum absolute atomic E-state index is 0.213. The van der Waals surface area contributed by atoms with Crippen LogP contribution in [0.25, 0.3) is 22.2 Å². The van der Waals surface area contributed by atoms with Crippen LogP contribution in [0.4, 0.5) is 0 Å². The van der Waals surface area contributed by atoms with Gasteiger partial charge >= 0.3 is 0 Å². The lowest BCUT2D eigenvalue weighted by Gasteiger charge is -2.10. The van der Waals surface area contributed by atoms with Crippen molar-refractivity contribution in [2.75, 3.05) is 6.79 Å². The van der Waals surface area contributed by atoms with E-state index >= 15 is 0 Å². The molecule has 1 amide bonds. The van der Waals surface area contributed by atoms with Gasteiger partial charge in [0.15, 0.2) is 11.5 Å². The summed E-state index contributed by atoms with van der Waals surface area (Å²) in [5.41, 5.74) is 7.68. The standard InChI is InChI=1S/C27H23N3O3/c1-17(2)19-8-10-20(11-9-19)24-14-22(21-5-3-4-6-23(21)29-24)27(31)30-28-15-18-7-12-25-26(13-18)33-16-32-25/h3-15,17H,16H2,1-2H3,(H,30,31). The van der Waals surface area contributed by atoms with Crippen LogP contribution in [0.3, 0.4) is 0 Å². The molecule has 0 unspecified atom stereocenters. The Morgan fingerprint density at radius 1 is 1.00 bits per heavy atom. The van der Waals surface area contributed by atoms with E-state index in [4.69, 9.17) is 14.5 Å². The number of benzene rings is 3. The molecule has 0 atom stereocenters. The molecule has 0 radical (unpaired) electrons. The van der Waals surface area contributed by atoms with Crippen molar-refractivity contribution in [3.05, 3.63) is 89.5 Å². The first-order valence-corrected chi connectivity index (χ1v) is 10.8. The molecule has 6 heteroatoms. The number of pyridine rings is 1. The summed E-state index contributed by atoms with van der Waals surface area (Å²) >= 11 is 0. The maximum Gasteiger partial charge on any atom is 0.272 e. The third kappa shape index (κ3) is 4.28. The smallest absolute Gasteiger partial charge is 0.272 e. The zero-order valence-corrected chi connectivity index (χ0v) is 18.4. The van der Waals surface area contributed by atoms with Crippen molar-refractivity contribution in [1.82, 2.24) is 10.4 Å². The van der Waals surface area contributed by atoms with Gasteiger partial charge in [0.05, 0.1) is 23.0 Å². The number of fused-ring (bicyclic) bond motifs is 2. The van der Waals surface area contributed by atoms with E-state index in [2.05, 4.69) is 36.5 Å². The molecule has 1 aliphatic rings. The first kappa shape index (κ1) is 20.7. The molecule has 164 valence electrons. The summed E-state index contributed by atoms with van der Waals surface area (Å²) in [7, 11) is 0. The number of carbonyl (C=O) groups excluding carboxylic acids is 1. The van der Waals surface area contributed by atoms with Crippen LogP contribution in [0.5, 0.6) is 11.5 Å². The van der Waals surface area contributed by atoms with E-state index in [1.807, 2.05) is 60.7 Å². The Hall–Kier alpha value is -4.19. The third-order valence-electron chi connectivity index (χ3n) is 5.61. The van der Waals surface area contributed by atoms with Gasteiger partial charge in [-0.1, -0.05) is 56.3 Å². The van der Waals surface area contributed by atoms with Crippen molar-refractivity contribution >= 4 is 23.0 Å². The zero-order valence-electron chi connectivity index (χ0n) is 18.4. The Kier molecular flexibility index (Phi) is 5.48. The summed E-state index contributed by atoms with van der Waals surface area (Å²) in [4.78, 5) is 17.8. The van der Waals surface area contributed by atoms with Crippen LogP contribution < -0.4 is 14.9 Å². The van der Waals surface area contributed by atoms with Crippen LogP contribution in [-0.2, 0) is 0 Å². The summed E-state index contributed by atoms with van der Waals surface area (Å²) < 4.78 is 10.7. The number of carbonyl (C=O) groups is 1. The molecule has 0 spiro atoms. The van der Waals surface area contributed by atoms with Gasteiger partial charge < -0.3 is 9.47 Å². The summed E-state index contributed by atoms with van der Waals surface area (Å²) in [6, 6.07) is 23.2. The van der Waals surface area contributed by atoms with E-state index in [9.17, 15) is 4.79 Å². The van der Waals surface area contributed by atoms with Gasteiger partial charge in [-0.25, -0.2) is 10.4 Å². The van der Waals surface area contributed by atoms with E-state index in [0.29, 0.717) is 23.0 Å². The first-order chi connectivity index (χ1) is 16.1. The highest BCUT2D eigenvalue weighted by atomic mass is 16.7. The molecule has 0 saturated carbocycles. The highest BCUT2D eigenvalue weighted by Crippen LogP contribution is 2.32. The number of rotatable bonds is 5. The Morgan fingerprint density at radius 2 is 1.79 bits per heavy atom. The van der Waals surface area contributed by atoms with Gasteiger partial charge in [0.1, 0.15) is 0 Å². The molecule has 1 aromatic heterocycles. The van der Waals surface area contributed by atoms with Gasteiger partial charge in [-0.05, 0) is 47.4 Å². The molecule has 4 aromatic rings. The van der Waals surface area contributed by atoms with Gasteiger partial charge in [-0.2, -0.15) is 5.10 Å². The Balaban J connectivity index is 1.43. The van der Waals surface area contributed by atoms with Gasteiger partial charge in [0.2, 0.25) is 6.79 Å². The molecule has 0 saturated heterocycles. The van der Waals surface area contributed by atoms with Crippen molar-refractivity contribution in [2.45, 2.75) is 19.8 Å². The van der Waals surface area contributed by atoms with Crippen LogP contribution in [0.15, 0.2) is 77.9 Å². The number of nitrogens with zero attached hydrogens (tertiary/aromatic N) is 2. The second-order valence-electron chi connectivity index (χ2n) is 8.16. The predicted octanol–water partition coefficient (Wildman–Crippen LogP) is 5.52. The maximum atomic E-state index is 13.1. The van der Waals surface area contributed by atoms with E-state index in [-0.39, 0.29) is 12.7 Å². The number of hydrazone groups is 1. The summed E-state index contributed by atoms with van der Waals surface area (Å²) in [6.07, 6.45) is 1.58. The highest BCUT2D eigenvalue weighted by Gasteiger charge is 2.15. The number of hydrogen-bond donors (Lipinski definition) is 1. The summed E-state index contributed by atoms with van der Waals surface area (Å²) in [5.74, 6) is 1.52. The molecular weight excluding hydrogens is 414 g/mol. The van der Waals surface area contributed by atoms with Gasteiger partial charge in [-0.15, -0.1) is 0 Å². The second kappa shape index (κ2) is 8.74. The fourth-order valence-corrected chi connectivity index (χ4v) is 3.77. The lowest BCUT2D eigenvalue weighted by Crippen LogP contribution is -2.18. The Morgan fingerprint density at radius 3 is 2.61 bits per heavy atom. The molecule has 2 heterocycles. The highest BCUT2D eigenvalue weighted by molar-refractivity contribution is 6.07. The lowest BCUT2D eigenvalue weighted by molar-refractivity contribution is 0.0956. The molecule has 0 aliphatic carbocycles. The number of amides is 1. The number of hydrogen-bond acceptors (Lipinski definition) is 5. The largest absolute Gasteiger partial charge is 0.454 e. The third-order valence-corrected chi connectivity index (χ3v) is 5.61. The molecule has 1 N–H and O–H groups in total. The fraction of sp³-hybridized carbons (Fsp3) is 0.148. The topological polar surface area (TPSA) is 72.8 Å². The monoisotopic (exact) mass is 437 g/mol. The molecule has 33 heavy (non-hydrogen) atoms. The minimum Gasteiger partial charge on any atom is -0.454 e. The fourth-order valence-electron chi connectivity index (χ4n) is 3.77. The predicted molar refractivity (Wildman–Crippen MR) is 129 cm³/mol. The Bertz CT molecular complexity index is 1360. The number of para-hydroxylation sites is 1.